The first-order valence-corrected chi connectivity index (χ1v) is 34.8. The summed E-state index contributed by atoms with van der Waals surface area (Å²) in [5, 5.41) is 14.4. The van der Waals surface area contributed by atoms with Crippen molar-refractivity contribution in [3.05, 3.63) is 165 Å². The molecule has 0 aromatic heterocycles. The van der Waals surface area contributed by atoms with Gasteiger partial charge in [0.2, 0.25) is 20.6 Å². The molecule has 0 saturated carbocycles. The minimum absolute atomic E-state index is 0.0449. The van der Waals surface area contributed by atoms with Crippen LogP contribution in [-0.2, 0) is 77.3 Å². The van der Waals surface area contributed by atoms with Crippen LogP contribution < -0.4 is 14.2 Å². The molecule has 2 aliphatic heterocycles. The molecule has 1 N–H and O–H groups in total. The van der Waals surface area contributed by atoms with Gasteiger partial charge in [-0.05, 0) is 66.8 Å². The molecule has 2 heterocycles. The Morgan fingerprint density at radius 1 is 0.488 bits per heavy atom. The van der Waals surface area contributed by atoms with E-state index in [4.69, 9.17) is 19.3 Å². The third kappa shape index (κ3) is 23.5. The zero-order valence-electron chi connectivity index (χ0n) is 46.8. The molecule has 0 bridgehead atoms. The number of hydrogen-bond acceptors (Lipinski definition) is 15. The zero-order chi connectivity index (χ0) is 63.2. The molecule has 2 aliphatic rings. The van der Waals surface area contributed by atoms with Gasteiger partial charge in [0.25, 0.3) is 0 Å². The van der Waals surface area contributed by atoms with E-state index in [0.29, 0.717) is 18.1 Å². The number of alkyl halides is 6. The van der Waals surface area contributed by atoms with E-state index in [1.165, 1.54) is 36.1 Å². The molecule has 2 saturated heterocycles. The molecule has 0 amide bonds. The molecule has 7 aromatic rings. The highest BCUT2D eigenvalue weighted by Crippen LogP contribution is 2.36. The van der Waals surface area contributed by atoms with Crippen LogP contribution in [0.25, 0.3) is 40.6 Å². The Labute approximate surface area is 502 Å². The van der Waals surface area contributed by atoms with Gasteiger partial charge in [0, 0.05) is 60.3 Å². The van der Waals surface area contributed by atoms with Crippen LogP contribution in [0, 0.1) is 0 Å². The van der Waals surface area contributed by atoms with E-state index in [-0.39, 0.29) is 30.7 Å². The van der Waals surface area contributed by atoms with Crippen molar-refractivity contribution in [1.29, 1.82) is 0 Å². The average Bonchev–Trinajstić information content (AvgIpc) is 2.16. The lowest BCUT2D eigenvalue weighted by atomic mass is 10.1. The van der Waals surface area contributed by atoms with Crippen LogP contribution in [0.2, 0.25) is 0 Å². The quantitative estimate of drug-likeness (QED) is 0.0322. The number of aliphatic hydroxyl groups is 1. The van der Waals surface area contributed by atoms with E-state index in [1.54, 1.807) is 38.6 Å². The fourth-order valence-electron chi connectivity index (χ4n) is 8.00. The number of halogens is 6. The first-order chi connectivity index (χ1) is 40.4. The Morgan fingerprint density at radius 2 is 0.884 bits per heavy atom. The Bertz CT molecular complexity index is 3760. The van der Waals surface area contributed by atoms with Crippen molar-refractivity contribution in [1.82, 2.24) is 0 Å². The SMILES string of the molecule is C[N+](C)(C)Cc1ccccc1.O=S(=O)([N-]S(=O)(=O)C(F)(F)F)OCCOc1ccc([S+]2CCCC2)c2ccccc12.O=S(=O)([N-]S(=O)(=O)C(F)(F)F)OCCOc1cccc2ccccc12.O=S1CCCC1.OCCOc1cccc2ccccc12. The summed E-state index contributed by atoms with van der Waals surface area (Å²) in [7, 11) is -16.6. The summed E-state index contributed by atoms with van der Waals surface area (Å²) in [5.41, 5.74) is -10.3. The van der Waals surface area contributed by atoms with Gasteiger partial charge in [-0.15, -0.1) is 0 Å². The van der Waals surface area contributed by atoms with Gasteiger partial charge >= 0.3 is 11.0 Å². The molecule has 0 atom stereocenters. The first-order valence-electron chi connectivity index (χ1n) is 26.1. The van der Waals surface area contributed by atoms with Crippen molar-refractivity contribution in [2.24, 2.45) is 0 Å². The van der Waals surface area contributed by atoms with Crippen LogP contribution in [0.4, 0.5) is 26.3 Å². The molecule has 2 fully saturated rings. The van der Waals surface area contributed by atoms with E-state index in [9.17, 15) is 64.2 Å². The van der Waals surface area contributed by atoms with Crippen molar-refractivity contribution in [2.75, 3.05) is 83.8 Å². The lowest BCUT2D eigenvalue weighted by Gasteiger charge is -2.23. The monoisotopic (exact) mass is 1330 g/mol. The second kappa shape index (κ2) is 32.5. The fourth-order valence-corrected chi connectivity index (χ4v) is 15.3. The van der Waals surface area contributed by atoms with Gasteiger partial charge in [-0.2, -0.15) is 26.3 Å². The van der Waals surface area contributed by atoms with Crippen LogP contribution in [0.3, 0.4) is 0 Å². The molecule has 86 heavy (non-hydrogen) atoms. The number of benzene rings is 7. The summed E-state index contributed by atoms with van der Waals surface area (Å²) in [6.45, 7) is -0.634. The van der Waals surface area contributed by atoms with Crippen LogP contribution in [0.5, 0.6) is 17.2 Å². The third-order valence-electron chi connectivity index (χ3n) is 11.6. The molecular formula is C56H65F6N3O15S6. The number of sulfonamides is 2. The Hall–Kier alpha value is -5.64. The van der Waals surface area contributed by atoms with Gasteiger partial charge in [-0.3, -0.25) is 12.6 Å². The van der Waals surface area contributed by atoms with Crippen molar-refractivity contribution in [2.45, 2.75) is 48.1 Å². The fraction of sp³-hybridized carbons (Fsp3) is 0.357. The minimum atomic E-state index is -6.21. The van der Waals surface area contributed by atoms with Crippen LogP contribution >= 0.6 is 0 Å². The minimum Gasteiger partial charge on any atom is -0.491 e. The predicted molar refractivity (Wildman–Crippen MR) is 322 cm³/mol. The summed E-state index contributed by atoms with van der Waals surface area (Å²) in [6.07, 6.45) is 4.76. The van der Waals surface area contributed by atoms with Crippen molar-refractivity contribution in [3.63, 3.8) is 0 Å². The molecule has 30 heteroatoms. The Morgan fingerprint density at radius 3 is 1.30 bits per heavy atom. The molecule has 7 aromatic carbocycles. The summed E-state index contributed by atoms with van der Waals surface area (Å²) < 4.78 is 201. The number of quaternary nitrogens is 1. The molecular weight excluding hydrogens is 1260 g/mol. The van der Waals surface area contributed by atoms with E-state index < -0.39 is 75.7 Å². The number of aliphatic hydroxyl groups excluding tert-OH is 1. The van der Waals surface area contributed by atoms with Crippen LogP contribution in [-0.4, -0.2) is 142 Å². The first kappa shape index (κ1) is 71.1. The molecule has 9 rings (SSSR count). The molecule has 472 valence electrons. The third-order valence-corrected chi connectivity index (χ3v) is 20.8. The van der Waals surface area contributed by atoms with Crippen molar-refractivity contribution in [3.8, 4) is 17.2 Å². The standard InChI is InChI=1S/C17H18F3NO6S3.C13H11F3NO6S2.C12H12O2.C10H16N.C4H8OS/c18-17(19,20)29(22,23)21-30(24,25)27-10-9-26-15-7-8-16(28-11-3-4-12-28)14-6-2-1-5-13(14)15;14-13(15,16)24(18,19)17-25(20,21)23-9-8-22-12-7-3-5-10-4-1-2-6-11(10)12;13-8-9-14-12-7-3-5-10-4-1-2-6-11(10)12;1-11(2,3)9-10-7-5-4-6-8-10;5-6-3-1-2-4-6/h1-2,5-8H,3-4,9-12H2;1-7H,8-9H2;1-7,13H,8-9H2;4-8H,9H2,1-3H3;1-4H2/q;-1;;+1;. The second-order valence-corrected chi connectivity index (χ2v) is 29.6. The lowest BCUT2D eigenvalue weighted by molar-refractivity contribution is -0.884. The van der Waals surface area contributed by atoms with Crippen molar-refractivity contribution >= 4 is 94.7 Å². The topological polar surface area (TPSA) is 248 Å². The number of hydrogen-bond donors (Lipinski definition) is 1. The van der Waals surface area contributed by atoms with Gasteiger partial charge in [0.1, 0.15) is 55.1 Å². The maximum absolute atomic E-state index is 12.2. The number of rotatable bonds is 20. The van der Waals surface area contributed by atoms with Crippen molar-refractivity contribution < 1.29 is 96.4 Å². The highest BCUT2D eigenvalue weighted by molar-refractivity contribution is 8.11. The maximum Gasteiger partial charge on any atom is 0.480 e. The summed E-state index contributed by atoms with van der Waals surface area (Å²) in [5.74, 6) is 5.88. The van der Waals surface area contributed by atoms with Gasteiger partial charge < -0.3 is 32.1 Å². The smallest absolute Gasteiger partial charge is 0.480 e. The van der Waals surface area contributed by atoms with E-state index in [0.717, 1.165) is 72.1 Å². The molecule has 18 nitrogen and oxygen atoms in total. The molecule has 0 unspecified atom stereocenters. The van der Waals surface area contributed by atoms with Crippen LogP contribution in [0.15, 0.2) is 157 Å². The average molecular weight is 1330 g/mol. The molecule has 0 spiro atoms. The number of fused-ring (bicyclic) bond motifs is 3. The Balaban J connectivity index is 0.000000214. The zero-order valence-corrected chi connectivity index (χ0v) is 51.7. The normalized spacial score (nSPS) is 14.4. The number of ether oxygens (including phenoxy) is 3. The van der Waals surface area contributed by atoms with Gasteiger partial charge in [-0.1, -0.05) is 121 Å². The largest absolute Gasteiger partial charge is 0.491 e. The summed E-state index contributed by atoms with van der Waals surface area (Å²) in [6, 6.07) is 48.1. The highest BCUT2D eigenvalue weighted by atomic mass is 32.3. The summed E-state index contributed by atoms with van der Waals surface area (Å²) >= 11 is 0. The maximum atomic E-state index is 12.2. The Kier molecular flexibility index (Phi) is 26.9. The molecule has 0 aliphatic carbocycles. The predicted octanol–water partition coefficient (Wildman–Crippen LogP) is 10.8. The number of nitrogens with zero attached hydrogens (tertiary/aromatic N) is 3. The second-order valence-electron chi connectivity index (χ2n) is 19.4. The lowest BCUT2D eigenvalue weighted by Crippen LogP contribution is -2.33. The van der Waals surface area contributed by atoms with E-state index in [2.05, 4.69) is 59.8 Å². The van der Waals surface area contributed by atoms with E-state index in [1.807, 2.05) is 91.0 Å². The van der Waals surface area contributed by atoms with Gasteiger partial charge in [-0.25, -0.2) is 33.7 Å². The van der Waals surface area contributed by atoms with Crippen LogP contribution in [0.1, 0.15) is 31.2 Å². The molecule has 0 radical (unpaired) electrons. The van der Waals surface area contributed by atoms with Gasteiger partial charge in [0.05, 0.1) is 41.0 Å². The highest BCUT2D eigenvalue weighted by Gasteiger charge is 2.41. The van der Waals surface area contributed by atoms with E-state index >= 15 is 0 Å². The van der Waals surface area contributed by atoms with Gasteiger partial charge in [0.15, 0.2) is 24.9 Å². The summed E-state index contributed by atoms with van der Waals surface area (Å²) in [4.78, 5) is 1.24.